The minimum Gasteiger partial charge on any atom is -0.397 e. The SMILES string of the molecule is Cc1ccc(NC(=O)c2sc3cc(Cl)ccc3c2Cl)c(N)c1. The van der Waals surface area contributed by atoms with Crippen LogP contribution in [0.1, 0.15) is 15.2 Å². The summed E-state index contributed by atoms with van der Waals surface area (Å²) in [5, 5.41) is 4.66. The zero-order chi connectivity index (χ0) is 15.9. The second kappa shape index (κ2) is 5.80. The smallest absolute Gasteiger partial charge is 0.267 e. The molecule has 0 saturated carbocycles. The highest BCUT2D eigenvalue weighted by Crippen LogP contribution is 2.37. The average molecular weight is 351 g/mol. The van der Waals surface area contributed by atoms with Crippen molar-refractivity contribution < 1.29 is 4.79 Å². The lowest BCUT2D eigenvalue weighted by molar-refractivity contribution is 0.103. The number of hydrogen-bond donors (Lipinski definition) is 2. The van der Waals surface area contributed by atoms with E-state index in [1.807, 2.05) is 25.1 Å². The number of nitrogen functional groups attached to an aromatic ring is 1. The molecule has 0 aliphatic rings. The Hall–Kier alpha value is -1.75. The van der Waals surface area contributed by atoms with Gasteiger partial charge in [-0.25, -0.2) is 0 Å². The van der Waals surface area contributed by atoms with Crippen LogP contribution in [0.15, 0.2) is 36.4 Å². The summed E-state index contributed by atoms with van der Waals surface area (Å²) in [7, 11) is 0. The zero-order valence-corrected chi connectivity index (χ0v) is 13.9. The van der Waals surface area contributed by atoms with Crippen LogP contribution in [0.25, 0.3) is 10.1 Å². The van der Waals surface area contributed by atoms with E-state index in [4.69, 9.17) is 28.9 Å². The fraction of sp³-hybridized carbons (Fsp3) is 0.0625. The standard InChI is InChI=1S/C16H12Cl2N2OS/c1-8-2-5-12(11(19)6-8)20-16(21)15-14(18)10-4-3-9(17)7-13(10)22-15/h2-7H,19H2,1H3,(H,20,21). The lowest BCUT2D eigenvalue weighted by Gasteiger charge is -2.08. The Bertz CT molecular complexity index is 889. The molecule has 0 aliphatic heterocycles. The van der Waals surface area contributed by atoms with Crippen molar-refractivity contribution in [2.24, 2.45) is 0 Å². The molecular weight excluding hydrogens is 339 g/mol. The number of aryl methyl sites for hydroxylation is 1. The summed E-state index contributed by atoms with van der Waals surface area (Å²) in [6.45, 7) is 1.94. The predicted molar refractivity (Wildman–Crippen MR) is 95.4 cm³/mol. The molecule has 0 atom stereocenters. The maximum atomic E-state index is 12.5. The molecule has 0 bridgehead atoms. The third-order valence-electron chi connectivity index (χ3n) is 3.25. The number of amides is 1. The molecule has 1 amide bonds. The Kier molecular flexibility index (Phi) is 4.00. The van der Waals surface area contributed by atoms with Crippen molar-refractivity contribution in [1.29, 1.82) is 0 Å². The van der Waals surface area contributed by atoms with E-state index in [1.54, 1.807) is 18.2 Å². The maximum Gasteiger partial charge on any atom is 0.267 e. The van der Waals surface area contributed by atoms with Gasteiger partial charge in [0.05, 0.1) is 16.4 Å². The summed E-state index contributed by atoms with van der Waals surface area (Å²) in [4.78, 5) is 12.9. The minimum absolute atomic E-state index is 0.280. The topological polar surface area (TPSA) is 55.1 Å². The van der Waals surface area contributed by atoms with Crippen LogP contribution >= 0.6 is 34.5 Å². The van der Waals surface area contributed by atoms with Crippen molar-refractivity contribution in [3.8, 4) is 0 Å². The van der Waals surface area contributed by atoms with E-state index in [9.17, 15) is 4.79 Å². The van der Waals surface area contributed by atoms with E-state index in [2.05, 4.69) is 5.32 Å². The van der Waals surface area contributed by atoms with Crippen LogP contribution < -0.4 is 11.1 Å². The first-order valence-electron chi connectivity index (χ1n) is 6.51. The van der Waals surface area contributed by atoms with Gasteiger partial charge in [0, 0.05) is 15.1 Å². The van der Waals surface area contributed by atoms with Crippen LogP contribution in [0, 0.1) is 6.92 Å². The fourth-order valence-corrected chi connectivity index (χ4v) is 3.85. The first-order valence-corrected chi connectivity index (χ1v) is 8.08. The van der Waals surface area contributed by atoms with Gasteiger partial charge in [-0.1, -0.05) is 35.3 Å². The van der Waals surface area contributed by atoms with Gasteiger partial charge in [-0.15, -0.1) is 11.3 Å². The van der Waals surface area contributed by atoms with E-state index >= 15 is 0 Å². The molecule has 0 aliphatic carbocycles. The monoisotopic (exact) mass is 350 g/mol. The molecule has 0 unspecified atom stereocenters. The Morgan fingerprint density at radius 1 is 1.18 bits per heavy atom. The van der Waals surface area contributed by atoms with Gasteiger partial charge in [-0.3, -0.25) is 4.79 Å². The van der Waals surface area contributed by atoms with Crippen molar-refractivity contribution in [3.63, 3.8) is 0 Å². The molecule has 0 saturated heterocycles. The van der Waals surface area contributed by atoms with Crippen molar-refractivity contribution in [2.75, 3.05) is 11.1 Å². The number of carbonyl (C=O) groups is 1. The molecule has 2 aromatic carbocycles. The summed E-state index contributed by atoms with van der Waals surface area (Å²) in [5.74, 6) is -0.280. The normalized spacial score (nSPS) is 10.9. The van der Waals surface area contributed by atoms with Gasteiger partial charge in [-0.05, 0) is 36.8 Å². The Balaban J connectivity index is 1.97. The van der Waals surface area contributed by atoms with Crippen LogP contribution in [0.5, 0.6) is 0 Å². The Morgan fingerprint density at radius 2 is 1.95 bits per heavy atom. The number of halogens is 2. The molecule has 0 spiro atoms. The van der Waals surface area contributed by atoms with Gasteiger partial charge in [-0.2, -0.15) is 0 Å². The van der Waals surface area contributed by atoms with Gasteiger partial charge in [0.25, 0.3) is 5.91 Å². The van der Waals surface area contributed by atoms with Crippen molar-refractivity contribution >= 4 is 61.9 Å². The summed E-state index contributed by atoms with van der Waals surface area (Å²) < 4.78 is 0.875. The number of nitrogens with one attached hydrogen (secondary N) is 1. The lowest BCUT2D eigenvalue weighted by atomic mass is 10.2. The third kappa shape index (κ3) is 2.77. The molecule has 3 N–H and O–H groups in total. The summed E-state index contributed by atoms with van der Waals surface area (Å²) in [6.07, 6.45) is 0. The Labute approximate surface area is 141 Å². The lowest BCUT2D eigenvalue weighted by Crippen LogP contribution is -2.12. The molecule has 22 heavy (non-hydrogen) atoms. The van der Waals surface area contributed by atoms with Gasteiger partial charge in [0.1, 0.15) is 4.88 Å². The zero-order valence-electron chi connectivity index (χ0n) is 11.6. The number of hydrogen-bond acceptors (Lipinski definition) is 3. The highest BCUT2D eigenvalue weighted by atomic mass is 35.5. The molecule has 3 aromatic rings. The molecule has 1 aromatic heterocycles. The second-order valence-corrected chi connectivity index (χ2v) is 6.80. The quantitative estimate of drug-likeness (QED) is 0.612. The molecule has 3 nitrogen and oxygen atoms in total. The largest absolute Gasteiger partial charge is 0.397 e. The number of carbonyl (C=O) groups excluding carboxylic acids is 1. The molecule has 6 heteroatoms. The molecular formula is C16H12Cl2N2OS. The predicted octanol–water partition coefficient (Wildman–Crippen LogP) is 5.35. The van der Waals surface area contributed by atoms with Crippen molar-refractivity contribution in [2.45, 2.75) is 6.92 Å². The minimum atomic E-state index is -0.280. The number of anilines is 2. The number of rotatable bonds is 2. The summed E-state index contributed by atoms with van der Waals surface area (Å²) in [5.41, 5.74) is 8.04. The maximum absolute atomic E-state index is 12.5. The average Bonchev–Trinajstić information content (AvgIpc) is 2.78. The van der Waals surface area contributed by atoms with Gasteiger partial charge in [0.15, 0.2) is 0 Å². The summed E-state index contributed by atoms with van der Waals surface area (Å²) in [6, 6.07) is 10.8. The van der Waals surface area contributed by atoms with Crippen LogP contribution in [-0.2, 0) is 0 Å². The van der Waals surface area contributed by atoms with Gasteiger partial charge >= 0.3 is 0 Å². The molecule has 1 heterocycles. The number of thiophene rings is 1. The highest BCUT2D eigenvalue weighted by molar-refractivity contribution is 7.21. The van der Waals surface area contributed by atoms with E-state index in [0.717, 1.165) is 15.6 Å². The molecule has 0 fully saturated rings. The van der Waals surface area contributed by atoms with Gasteiger partial charge < -0.3 is 11.1 Å². The van der Waals surface area contributed by atoms with E-state index in [-0.39, 0.29) is 5.91 Å². The van der Waals surface area contributed by atoms with E-state index in [1.165, 1.54) is 11.3 Å². The van der Waals surface area contributed by atoms with Crippen molar-refractivity contribution in [3.05, 3.63) is 56.9 Å². The highest BCUT2D eigenvalue weighted by Gasteiger charge is 2.18. The molecule has 3 rings (SSSR count). The summed E-state index contributed by atoms with van der Waals surface area (Å²) >= 11 is 13.6. The van der Waals surface area contributed by atoms with Crippen LogP contribution in [0.3, 0.4) is 0 Å². The number of nitrogens with two attached hydrogens (primary N) is 1. The van der Waals surface area contributed by atoms with Crippen LogP contribution in [0.2, 0.25) is 10.0 Å². The van der Waals surface area contributed by atoms with Crippen LogP contribution in [-0.4, -0.2) is 5.91 Å². The van der Waals surface area contributed by atoms with Crippen molar-refractivity contribution in [1.82, 2.24) is 0 Å². The molecule has 0 radical (unpaired) electrons. The number of benzene rings is 2. The molecule has 112 valence electrons. The Morgan fingerprint density at radius 3 is 2.68 bits per heavy atom. The third-order valence-corrected chi connectivity index (χ3v) is 5.14. The van der Waals surface area contributed by atoms with Crippen LogP contribution in [0.4, 0.5) is 11.4 Å². The number of fused-ring (bicyclic) bond motifs is 1. The van der Waals surface area contributed by atoms with Gasteiger partial charge in [0.2, 0.25) is 0 Å². The van der Waals surface area contributed by atoms with E-state index < -0.39 is 0 Å². The fourth-order valence-electron chi connectivity index (χ4n) is 2.16. The first-order chi connectivity index (χ1) is 10.5. The first kappa shape index (κ1) is 15.2. The second-order valence-electron chi connectivity index (χ2n) is 4.93. The van der Waals surface area contributed by atoms with E-state index in [0.29, 0.717) is 26.3 Å².